The number of halogens is 1. The third kappa shape index (κ3) is 2.73. The van der Waals surface area contributed by atoms with E-state index in [1.807, 2.05) is 19.1 Å². The molecule has 4 heteroatoms. The molecule has 1 aliphatic carbocycles. The average Bonchev–Trinajstić information content (AvgIpc) is 2.71. The van der Waals surface area contributed by atoms with Crippen molar-refractivity contribution in [2.75, 3.05) is 6.61 Å². The van der Waals surface area contributed by atoms with Crippen LogP contribution in [-0.4, -0.2) is 18.4 Å². The van der Waals surface area contributed by atoms with Crippen LogP contribution in [0.15, 0.2) is 24.3 Å². The molecule has 0 N–H and O–H groups in total. The van der Waals surface area contributed by atoms with Gasteiger partial charge < -0.3 is 4.74 Å². The minimum Gasteiger partial charge on any atom is -0.465 e. The predicted molar refractivity (Wildman–Crippen MR) is 77.6 cm³/mol. The minimum absolute atomic E-state index is 0.00546. The molecule has 2 atom stereocenters. The number of rotatable bonds is 4. The van der Waals surface area contributed by atoms with Crippen molar-refractivity contribution in [1.82, 2.24) is 0 Å². The average molecular weight is 295 g/mol. The number of carbonyl (C=O) groups excluding carboxylic acids is 2. The summed E-state index contributed by atoms with van der Waals surface area (Å²) in [6.07, 6.45) is 1.70. The summed E-state index contributed by atoms with van der Waals surface area (Å²) in [6, 6.07) is 7.27. The number of ketones is 1. The maximum atomic E-state index is 12.5. The molecule has 0 aliphatic heterocycles. The molecule has 1 saturated carbocycles. The van der Waals surface area contributed by atoms with Gasteiger partial charge in [0.05, 0.1) is 6.61 Å². The fourth-order valence-corrected chi connectivity index (χ4v) is 2.99. The summed E-state index contributed by atoms with van der Waals surface area (Å²) in [5.74, 6) is -0.457. The molecule has 2 rings (SSSR count). The van der Waals surface area contributed by atoms with Crippen molar-refractivity contribution in [3.8, 4) is 0 Å². The predicted octanol–water partition coefficient (Wildman–Crippen LogP) is 3.43. The lowest BCUT2D eigenvalue weighted by Gasteiger charge is -2.25. The number of esters is 1. The first kappa shape index (κ1) is 15.0. The van der Waals surface area contributed by atoms with Crippen LogP contribution in [-0.2, 0) is 20.7 Å². The second-order valence-corrected chi connectivity index (χ2v) is 5.85. The molecule has 20 heavy (non-hydrogen) atoms. The first-order chi connectivity index (χ1) is 9.49. The van der Waals surface area contributed by atoms with Crippen LogP contribution in [0.25, 0.3) is 0 Å². The summed E-state index contributed by atoms with van der Waals surface area (Å²) in [7, 11) is 0. The number of carbonyl (C=O) groups is 2. The molecule has 2 unspecified atom stereocenters. The third-order valence-electron chi connectivity index (χ3n) is 4.01. The van der Waals surface area contributed by atoms with Gasteiger partial charge >= 0.3 is 5.97 Å². The van der Waals surface area contributed by atoms with Gasteiger partial charge in [-0.15, -0.1) is 0 Å². The van der Waals surface area contributed by atoms with Gasteiger partial charge in [0.25, 0.3) is 0 Å². The molecule has 108 valence electrons. The van der Waals surface area contributed by atoms with E-state index in [4.69, 9.17) is 16.3 Å². The van der Waals surface area contributed by atoms with Crippen molar-refractivity contribution in [2.24, 2.45) is 11.3 Å². The highest BCUT2D eigenvalue weighted by Gasteiger charge is 2.52. The lowest BCUT2D eigenvalue weighted by Crippen LogP contribution is -2.40. The summed E-state index contributed by atoms with van der Waals surface area (Å²) in [6.45, 7) is 3.94. The van der Waals surface area contributed by atoms with E-state index in [2.05, 4.69) is 0 Å². The maximum absolute atomic E-state index is 12.5. The molecule has 0 bridgehead atoms. The van der Waals surface area contributed by atoms with Gasteiger partial charge in [-0.3, -0.25) is 9.59 Å². The molecule has 1 aromatic rings. The van der Waals surface area contributed by atoms with Gasteiger partial charge in [0, 0.05) is 10.9 Å². The lowest BCUT2D eigenvalue weighted by atomic mass is 9.78. The fourth-order valence-electron chi connectivity index (χ4n) is 2.86. The molecule has 0 radical (unpaired) electrons. The van der Waals surface area contributed by atoms with E-state index >= 15 is 0 Å². The molecular weight excluding hydrogens is 276 g/mol. The zero-order valence-corrected chi connectivity index (χ0v) is 12.6. The van der Waals surface area contributed by atoms with E-state index < -0.39 is 5.41 Å². The standard InChI is InChI=1S/C16H19ClO3/c1-3-20-15(19)16(9-8-11(2)14(16)18)10-12-4-6-13(17)7-5-12/h4-7,11H,3,8-10H2,1-2H3. The lowest BCUT2D eigenvalue weighted by molar-refractivity contribution is -0.159. The van der Waals surface area contributed by atoms with E-state index in [1.165, 1.54) is 0 Å². The summed E-state index contributed by atoms with van der Waals surface area (Å²) < 4.78 is 5.16. The number of ether oxygens (including phenoxy) is 1. The van der Waals surface area contributed by atoms with Gasteiger partial charge in [-0.2, -0.15) is 0 Å². The number of benzene rings is 1. The fraction of sp³-hybridized carbons (Fsp3) is 0.500. The molecular formula is C16H19ClO3. The summed E-state index contributed by atoms with van der Waals surface area (Å²) in [4.78, 5) is 24.8. The number of hydrogen-bond acceptors (Lipinski definition) is 3. The van der Waals surface area contributed by atoms with E-state index in [1.54, 1.807) is 19.1 Å². The SMILES string of the molecule is CCOC(=O)C1(Cc2ccc(Cl)cc2)CCC(C)C1=O. The van der Waals surface area contributed by atoms with Gasteiger partial charge in [-0.05, 0) is 43.9 Å². The molecule has 0 heterocycles. The van der Waals surface area contributed by atoms with Crippen molar-refractivity contribution in [3.63, 3.8) is 0 Å². The highest BCUT2D eigenvalue weighted by molar-refractivity contribution is 6.30. The Morgan fingerprint density at radius 2 is 2.05 bits per heavy atom. The van der Waals surface area contributed by atoms with Gasteiger partial charge in [-0.25, -0.2) is 0 Å². The van der Waals surface area contributed by atoms with Crippen LogP contribution in [0.3, 0.4) is 0 Å². The monoisotopic (exact) mass is 294 g/mol. The number of Topliss-reactive ketones (excluding diaryl/α,β-unsaturated/α-hetero) is 1. The molecule has 0 saturated heterocycles. The Labute approximate surface area is 124 Å². The maximum Gasteiger partial charge on any atom is 0.319 e. The van der Waals surface area contributed by atoms with Crippen LogP contribution in [0.4, 0.5) is 0 Å². The smallest absolute Gasteiger partial charge is 0.319 e. The molecule has 1 fully saturated rings. The quantitative estimate of drug-likeness (QED) is 0.631. The van der Waals surface area contributed by atoms with Crippen molar-refractivity contribution >= 4 is 23.4 Å². The zero-order chi connectivity index (χ0) is 14.8. The summed E-state index contributed by atoms with van der Waals surface area (Å²) in [5, 5.41) is 0.644. The second-order valence-electron chi connectivity index (χ2n) is 5.41. The Balaban J connectivity index is 2.30. The minimum atomic E-state index is -1.01. The van der Waals surface area contributed by atoms with Crippen LogP contribution >= 0.6 is 11.6 Å². The Bertz CT molecular complexity index is 509. The Hall–Kier alpha value is -1.35. The Kier molecular flexibility index (Phi) is 4.48. The van der Waals surface area contributed by atoms with Crippen LogP contribution < -0.4 is 0 Å². The highest BCUT2D eigenvalue weighted by atomic mass is 35.5. The van der Waals surface area contributed by atoms with Crippen LogP contribution in [0.2, 0.25) is 5.02 Å². The molecule has 0 amide bonds. The largest absolute Gasteiger partial charge is 0.465 e. The first-order valence-corrected chi connectivity index (χ1v) is 7.33. The van der Waals surface area contributed by atoms with Gasteiger partial charge in [0.1, 0.15) is 5.41 Å². The second kappa shape index (κ2) is 5.96. The van der Waals surface area contributed by atoms with Crippen molar-refractivity contribution in [2.45, 2.75) is 33.1 Å². The highest BCUT2D eigenvalue weighted by Crippen LogP contribution is 2.42. The van der Waals surface area contributed by atoms with E-state index in [9.17, 15) is 9.59 Å². The van der Waals surface area contributed by atoms with E-state index in [0.717, 1.165) is 12.0 Å². The number of hydrogen-bond donors (Lipinski definition) is 0. The molecule has 1 aliphatic rings. The molecule has 1 aromatic carbocycles. The van der Waals surface area contributed by atoms with E-state index in [-0.39, 0.29) is 17.7 Å². The van der Waals surface area contributed by atoms with Gasteiger partial charge in [-0.1, -0.05) is 30.7 Å². The summed E-state index contributed by atoms with van der Waals surface area (Å²) >= 11 is 5.87. The van der Waals surface area contributed by atoms with Crippen molar-refractivity contribution < 1.29 is 14.3 Å². The normalized spacial score (nSPS) is 25.8. The topological polar surface area (TPSA) is 43.4 Å². The van der Waals surface area contributed by atoms with Crippen molar-refractivity contribution in [3.05, 3.63) is 34.9 Å². The zero-order valence-electron chi connectivity index (χ0n) is 11.8. The van der Waals surface area contributed by atoms with Crippen LogP contribution in [0.1, 0.15) is 32.3 Å². The first-order valence-electron chi connectivity index (χ1n) is 6.95. The van der Waals surface area contributed by atoms with Gasteiger partial charge in [0.15, 0.2) is 5.78 Å². The van der Waals surface area contributed by atoms with E-state index in [0.29, 0.717) is 24.5 Å². The third-order valence-corrected chi connectivity index (χ3v) is 4.26. The Morgan fingerprint density at radius 3 is 2.55 bits per heavy atom. The molecule has 0 spiro atoms. The van der Waals surface area contributed by atoms with Crippen molar-refractivity contribution in [1.29, 1.82) is 0 Å². The molecule has 0 aromatic heterocycles. The van der Waals surface area contributed by atoms with Crippen LogP contribution in [0, 0.1) is 11.3 Å². The molecule has 3 nitrogen and oxygen atoms in total. The summed E-state index contributed by atoms with van der Waals surface area (Å²) in [5.41, 5.74) is -0.0756. The van der Waals surface area contributed by atoms with Crippen LogP contribution in [0.5, 0.6) is 0 Å². The Morgan fingerprint density at radius 1 is 1.40 bits per heavy atom. The van der Waals surface area contributed by atoms with Gasteiger partial charge in [0.2, 0.25) is 0 Å².